The van der Waals surface area contributed by atoms with E-state index in [1.165, 1.54) is 22.6 Å². The van der Waals surface area contributed by atoms with E-state index in [4.69, 9.17) is 0 Å². The lowest BCUT2D eigenvalue weighted by Gasteiger charge is -2.23. The molecule has 0 aromatic heterocycles. The van der Waals surface area contributed by atoms with Crippen LogP contribution < -0.4 is 10.2 Å². The molecule has 2 nitrogen and oxygen atoms in total. The summed E-state index contributed by atoms with van der Waals surface area (Å²) in [6.45, 7) is 4.31. The fraction of sp³-hybridized carbons (Fsp3) is 0.200. The Bertz CT molecular complexity index is 534. The van der Waals surface area contributed by atoms with Gasteiger partial charge in [0.1, 0.15) is 6.17 Å². The molecule has 17 heavy (non-hydrogen) atoms. The number of hydrogen-bond donors (Lipinski definition) is 1. The van der Waals surface area contributed by atoms with Crippen LogP contribution in [0, 0.1) is 6.92 Å². The predicted molar refractivity (Wildman–Crippen MR) is 72.8 cm³/mol. The molecular formula is C15H16N2. The number of nitrogens with one attached hydrogen (secondary N) is 1. The number of benzene rings is 2. The standard InChI is InChI=1S/C15H16N2/c1-11-8-9-15-14(10-11)16-12(2)17(15)13-6-4-3-5-7-13/h3-10,12,16H,1-2H3/t12-/m1/s1. The lowest BCUT2D eigenvalue weighted by atomic mass is 10.2. The molecule has 1 aliphatic heterocycles. The first-order valence-corrected chi connectivity index (χ1v) is 5.97. The van der Waals surface area contributed by atoms with E-state index in [0.717, 1.165) is 0 Å². The number of rotatable bonds is 1. The maximum atomic E-state index is 3.51. The van der Waals surface area contributed by atoms with Crippen LogP contribution in [0.1, 0.15) is 12.5 Å². The van der Waals surface area contributed by atoms with Crippen LogP contribution in [0.25, 0.3) is 0 Å². The molecule has 1 heterocycles. The molecule has 0 fully saturated rings. The van der Waals surface area contributed by atoms with Gasteiger partial charge >= 0.3 is 0 Å². The van der Waals surface area contributed by atoms with Gasteiger partial charge in [-0.1, -0.05) is 24.3 Å². The van der Waals surface area contributed by atoms with Crippen molar-refractivity contribution in [3.8, 4) is 0 Å². The van der Waals surface area contributed by atoms with Gasteiger partial charge in [0, 0.05) is 5.69 Å². The van der Waals surface area contributed by atoms with Crippen molar-refractivity contribution in [2.24, 2.45) is 0 Å². The van der Waals surface area contributed by atoms with Gasteiger partial charge < -0.3 is 10.2 Å². The van der Waals surface area contributed by atoms with E-state index in [0.29, 0.717) is 6.17 Å². The van der Waals surface area contributed by atoms with Crippen molar-refractivity contribution in [1.29, 1.82) is 0 Å². The second kappa shape index (κ2) is 3.81. The number of para-hydroxylation sites is 1. The summed E-state index contributed by atoms with van der Waals surface area (Å²) in [7, 11) is 0. The van der Waals surface area contributed by atoms with Crippen LogP contribution in [0.3, 0.4) is 0 Å². The van der Waals surface area contributed by atoms with Crippen molar-refractivity contribution >= 4 is 17.1 Å². The molecule has 2 aromatic rings. The second-order valence-electron chi connectivity index (χ2n) is 4.55. The zero-order chi connectivity index (χ0) is 11.8. The SMILES string of the molecule is Cc1ccc2c(c1)N[C@@H](C)N2c1ccccc1. The average molecular weight is 224 g/mol. The highest BCUT2D eigenvalue weighted by molar-refractivity contribution is 5.82. The first-order chi connectivity index (χ1) is 8.25. The summed E-state index contributed by atoms with van der Waals surface area (Å²) in [5, 5.41) is 3.51. The van der Waals surface area contributed by atoms with Gasteiger partial charge in [-0.25, -0.2) is 0 Å². The number of nitrogens with zero attached hydrogens (tertiary/aromatic N) is 1. The van der Waals surface area contributed by atoms with Crippen molar-refractivity contribution < 1.29 is 0 Å². The summed E-state index contributed by atoms with van der Waals surface area (Å²) >= 11 is 0. The zero-order valence-corrected chi connectivity index (χ0v) is 10.1. The van der Waals surface area contributed by atoms with Gasteiger partial charge in [0.25, 0.3) is 0 Å². The maximum absolute atomic E-state index is 3.51. The van der Waals surface area contributed by atoms with Crippen LogP contribution in [-0.2, 0) is 0 Å². The second-order valence-corrected chi connectivity index (χ2v) is 4.55. The molecule has 0 aliphatic carbocycles. The summed E-state index contributed by atoms with van der Waals surface area (Å²) in [4.78, 5) is 2.33. The van der Waals surface area contributed by atoms with Gasteiger partial charge in [-0.15, -0.1) is 0 Å². The molecule has 0 saturated heterocycles. The Labute approximate surface area is 102 Å². The fourth-order valence-corrected chi connectivity index (χ4v) is 2.43. The van der Waals surface area contributed by atoms with E-state index >= 15 is 0 Å². The van der Waals surface area contributed by atoms with Crippen molar-refractivity contribution in [1.82, 2.24) is 0 Å². The summed E-state index contributed by atoms with van der Waals surface area (Å²) in [6.07, 6.45) is 0.300. The van der Waals surface area contributed by atoms with E-state index in [2.05, 4.69) is 66.5 Å². The van der Waals surface area contributed by atoms with Gasteiger partial charge in [0.2, 0.25) is 0 Å². The van der Waals surface area contributed by atoms with Gasteiger partial charge in [-0.3, -0.25) is 0 Å². The molecule has 0 unspecified atom stereocenters. The molecule has 1 atom stereocenters. The molecule has 86 valence electrons. The summed E-state index contributed by atoms with van der Waals surface area (Å²) in [5.74, 6) is 0. The van der Waals surface area contributed by atoms with Crippen LogP contribution in [0.15, 0.2) is 48.5 Å². The monoisotopic (exact) mass is 224 g/mol. The Balaban J connectivity index is 2.09. The van der Waals surface area contributed by atoms with Crippen LogP contribution in [0.2, 0.25) is 0 Å². The Morgan fingerprint density at radius 3 is 2.59 bits per heavy atom. The quantitative estimate of drug-likeness (QED) is 0.790. The molecule has 1 aliphatic rings. The van der Waals surface area contributed by atoms with Crippen molar-refractivity contribution in [2.75, 3.05) is 10.2 Å². The first-order valence-electron chi connectivity index (χ1n) is 5.97. The minimum atomic E-state index is 0.300. The van der Waals surface area contributed by atoms with Crippen LogP contribution in [0.4, 0.5) is 17.1 Å². The molecule has 2 heteroatoms. The third-order valence-corrected chi connectivity index (χ3v) is 3.20. The van der Waals surface area contributed by atoms with Gasteiger partial charge in [-0.2, -0.15) is 0 Å². The lowest BCUT2D eigenvalue weighted by Crippen LogP contribution is -2.28. The highest BCUT2D eigenvalue weighted by Gasteiger charge is 2.25. The van der Waals surface area contributed by atoms with E-state index in [1.807, 2.05) is 6.07 Å². The third-order valence-electron chi connectivity index (χ3n) is 3.20. The Kier molecular flexibility index (Phi) is 2.29. The minimum Gasteiger partial charge on any atom is -0.363 e. The summed E-state index contributed by atoms with van der Waals surface area (Å²) < 4.78 is 0. The number of aryl methyl sites for hydroxylation is 1. The Hall–Kier alpha value is -1.96. The molecule has 3 rings (SSSR count). The van der Waals surface area contributed by atoms with Gasteiger partial charge in [-0.05, 0) is 43.7 Å². The third kappa shape index (κ3) is 1.66. The van der Waals surface area contributed by atoms with Gasteiger partial charge in [0.15, 0.2) is 0 Å². The number of anilines is 3. The number of hydrogen-bond acceptors (Lipinski definition) is 2. The van der Waals surface area contributed by atoms with E-state index < -0.39 is 0 Å². The van der Waals surface area contributed by atoms with Crippen LogP contribution in [-0.4, -0.2) is 6.17 Å². The Morgan fingerprint density at radius 2 is 1.82 bits per heavy atom. The molecule has 0 saturated carbocycles. The Morgan fingerprint density at radius 1 is 1.06 bits per heavy atom. The normalized spacial score (nSPS) is 17.8. The minimum absolute atomic E-state index is 0.300. The molecule has 0 spiro atoms. The van der Waals surface area contributed by atoms with E-state index in [-0.39, 0.29) is 0 Å². The van der Waals surface area contributed by atoms with Crippen LogP contribution >= 0.6 is 0 Å². The molecular weight excluding hydrogens is 208 g/mol. The lowest BCUT2D eigenvalue weighted by molar-refractivity contribution is 0.843. The smallest absolute Gasteiger partial charge is 0.101 e. The van der Waals surface area contributed by atoms with Crippen molar-refractivity contribution in [3.63, 3.8) is 0 Å². The molecule has 0 amide bonds. The predicted octanol–water partition coefficient (Wildman–Crippen LogP) is 3.90. The average Bonchev–Trinajstić information content (AvgIpc) is 2.65. The highest BCUT2D eigenvalue weighted by atomic mass is 15.3. The first kappa shape index (κ1) is 10.2. The fourth-order valence-electron chi connectivity index (χ4n) is 2.43. The molecule has 0 radical (unpaired) electrons. The van der Waals surface area contributed by atoms with E-state index in [1.54, 1.807) is 0 Å². The zero-order valence-electron chi connectivity index (χ0n) is 10.1. The summed E-state index contributed by atoms with van der Waals surface area (Å²) in [5.41, 5.74) is 5.00. The molecule has 0 bridgehead atoms. The highest BCUT2D eigenvalue weighted by Crippen LogP contribution is 2.39. The largest absolute Gasteiger partial charge is 0.363 e. The van der Waals surface area contributed by atoms with Crippen molar-refractivity contribution in [2.45, 2.75) is 20.0 Å². The molecule has 1 N–H and O–H groups in total. The van der Waals surface area contributed by atoms with E-state index in [9.17, 15) is 0 Å². The topological polar surface area (TPSA) is 15.3 Å². The maximum Gasteiger partial charge on any atom is 0.101 e. The van der Waals surface area contributed by atoms with Crippen LogP contribution in [0.5, 0.6) is 0 Å². The summed E-state index contributed by atoms with van der Waals surface area (Å²) in [6, 6.07) is 17.0. The number of fused-ring (bicyclic) bond motifs is 1. The van der Waals surface area contributed by atoms with Crippen molar-refractivity contribution in [3.05, 3.63) is 54.1 Å². The van der Waals surface area contributed by atoms with Gasteiger partial charge in [0.05, 0.1) is 11.4 Å². The molecule has 2 aromatic carbocycles.